The first-order chi connectivity index (χ1) is 6.15. The number of aliphatic hydroxyl groups excluding tert-OH is 1. The van der Waals surface area contributed by atoms with E-state index in [1.807, 2.05) is 25.1 Å². The molecule has 0 fully saturated rings. The van der Waals surface area contributed by atoms with Gasteiger partial charge in [-0.05, 0) is 12.5 Å². The van der Waals surface area contributed by atoms with E-state index in [-0.39, 0.29) is 5.57 Å². The summed E-state index contributed by atoms with van der Waals surface area (Å²) in [6, 6.07) is 9.21. The summed E-state index contributed by atoms with van der Waals surface area (Å²) in [5.41, 5.74) is 2.00. The first kappa shape index (κ1) is 9.50. The van der Waals surface area contributed by atoms with Crippen molar-refractivity contribution in [1.29, 1.82) is 5.26 Å². The predicted molar refractivity (Wildman–Crippen MR) is 50.9 cm³/mol. The van der Waals surface area contributed by atoms with Crippen LogP contribution in [0.2, 0.25) is 0 Å². The number of nitrogens with zero attached hydrogens (tertiary/aromatic N) is 1. The van der Waals surface area contributed by atoms with Crippen molar-refractivity contribution in [3.63, 3.8) is 0 Å². The molecule has 0 saturated heterocycles. The molecule has 0 spiro atoms. The average molecular weight is 173 g/mol. The molecule has 1 aromatic carbocycles. The standard InChI is InChI=1S/C11H11NO/c1-8-3-5-10(6-4-8)11(13)9(2)7-12/h3-6,11,13H,2H2,1H3/t11-/m1/s1. The molecule has 0 saturated carbocycles. The number of rotatable bonds is 2. The lowest BCUT2D eigenvalue weighted by Gasteiger charge is -2.08. The molecule has 0 unspecified atom stereocenters. The van der Waals surface area contributed by atoms with Gasteiger partial charge in [0.1, 0.15) is 6.10 Å². The second-order valence-electron chi connectivity index (χ2n) is 2.95. The fourth-order valence-electron chi connectivity index (χ4n) is 1.01. The lowest BCUT2D eigenvalue weighted by atomic mass is 10.0. The van der Waals surface area contributed by atoms with Crippen molar-refractivity contribution in [2.45, 2.75) is 13.0 Å². The maximum Gasteiger partial charge on any atom is 0.113 e. The molecule has 1 aromatic rings. The molecular weight excluding hydrogens is 162 g/mol. The Morgan fingerprint density at radius 1 is 1.46 bits per heavy atom. The summed E-state index contributed by atoms with van der Waals surface area (Å²) in [5.74, 6) is 0. The zero-order chi connectivity index (χ0) is 9.84. The molecule has 1 N–H and O–H groups in total. The van der Waals surface area contributed by atoms with E-state index >= 15 is 0 Å². The van der Waals surface area contributed by atoms with Crippen LogP contribution in [-0.4, -0.2) is 5.11 Å². The SMILES string of the molecule is C=C(C#N)[C@@H](O)c1ccc(C)cc1. The van der Waals surface area contributed by atoms with Crippen LogP contribution in [0.1, 0.15) is 17.2 Å². The van der Waals surface area contributed by atoms with Crippen LogP contribution in [0.25, 0.3) is 0 Å². The van der Waals surface area contributed by atoms with E-state index in [2.05, 4.69) is 6.58 Å². The molecule has 0 aliphatic carbocycles. The Bertz CT molecular complexity index is 345. The Morgan fingerprint density at radius 2 is 2.00 bits per heavy atom. The van der Waals surface area contributed by atoms with Gasteiger partial charge in [0.25, 0.3) is 0 Å². The minimum Gasteiger partial charge on any atom is -0.383 e. The van der Waals surface area contributed by atoms with Crippen LogP contribution in [0.3, 0.4) is 0 Å². The van der Waals surface area contributed by atoms with Crippen molar-refractivity contribution in [2.24, 2.45) is 0 Å². The van der Waals surface area contributed by atoms with Gasteiger partial charge in [-0.3, -0.25) is 0 Å². The van der Waals surface area contributed by atoms with E-state index in [9.17, 15) is 5.11 Å². The lowest BCUT2D eigenvalue weighted by molar-refractivity contribution is 0.221. The Hall–Kier alpha value is -1.59. The van der Waals surface area contributed by atoms with Crippen LogP contribution in [0.15, 0.2) is 36.4 Å². The molecule has 13 heavy (non-hydrogen) atoms. The number of aryl methyl sites for hydroxylation is 1. The van der Waals surface area contributed by atoms with Gasteiger partial charge in [0.15, 0.2) is 0 Å². The second-order valence-corrected chi connectivity index (χ2v) is 2.95. The maximum absolute atomic E-state index is 9.56. The Kier molecular flexibility index (Phi) is 2.84. The van der Waals surface area contributed by atoms with Crippen LogP contribution in [0.5, 0.6) is 0 Å². The highest BCUT2D eigenvalue weighted by molar-refractivity contribution is 5.33. The first-order valence-corrected chi connectivity index (χ1v) is 3.98. The van der Waals surface area contributed by atoms with Crippen LogP contribution in [0.4, 0.5) is 0 Å². The van der Waals surface area contributed by atoms with Crippen LogP contribution >= 0.6 is 0 Å². The normalized spacial score (nSPS) is 11.8. The molecule has 1 rings (SSSR count). The predicted octanol–water partition coefficient (Wildman–Crippen LogP) is 2.11. The molecule has 0 radical (unpaired) electrons. The van der Waals surface area contributed by atoms with Gasteiger partial charge in [-0.1, -0.05) is 36.4 Å². The minimum atomic E-state index is -0.870. The summed E-state index contributed by atoms with van der Waals surface area (Å²) in [5, 5.41) is 18.1. The molecule has 0 aliphatic rings. The maximum atomic E-state index is 9.56. The zero-order valence-corrected chi connectivity index (χ0v) is 7.49. The third-order valence-corrected chi connectivity index (χ3v) is 1.87. The quantitative estimate of drug-likeness (QED) is 0.696. The summed E-state index contributed by atoms with van der Waals surface area (Å²) >= 11 is 0. The van der Waals surface area contributed by atoms with Gasteiger partial charge in [0.2, 0.25) is 0 Å². The van der Waals surface area contributed by atoms with E-state index in [0.717, 1.165) is 5.56 Å². The van der Waals surface area contributed by atoms with Crippen LogP contribution in [0, 0.1) is 18.3 Å². The van der Waals surface area contributed by atoms with Crippen molar-refractivity contribution in [1.82, 2.24) is 0 Å². The number of hydrogen-bond acceptors (Lipinski definition) is 2. The van der Waals surface area contributed by atoms with E-state index < -0.39 is 6.10 Å². The van der Waals surface area contributed by atoms with Crippen LogP contribution in [-0.2, 0) is 0 Å². The molecule has 0 heterocycles. The smallest absolute Gasteiger partial charge is 0.113 e. The van der Waals surface area contributed by atoms with Crippen molar-refractivity contribution in [2.75, 3.05) is 0 Å². The van der Waals surface area contributed by atoms with E-state index in [1.54, 1.807) is 12.1 Å². The summed E-state index contributed by atoms with van der Waals surface area (Å²) in [6.45, 7) is 5.43. The zero-order valence-electron chi connectivity index (χ0n) is 7.49. The van der Waals surface area contributed by atoms with E-state index in [4.69, 9.17) is 5.26 Å². The molecule has 2 nitrogen and oxygen atoms in total. The molecule has 0 bridgehead atoms. The van der Waals surface area contributed by atoms with Gasteiger partial charge in [-0.2, -0.15) is 5.26 Å². The Morgan fingerprint density at radius 3 is 2.46 bits per heavy atom. The molecule has 0 aliphatic heterocycles. The molecule has 2 heteroatoms. The minimum absolute atomic E-state index is 0.170. The molecule has 66 valence electrons. The van der Waals surface area contributed by atoms with Crippen molar-refractivity contribution < 1.29 is 5.11 Å². The van der Waals surface area contributed by atoms with Gasteiger partial charge in [0, 0.05) is 0 Å². The Labute approximate surface area is 77.8 Å². The third kappa shape index (κ3) is 2.17. The first-order valence-electron chi connectivity index (χ1n) is 3.98. The van der Waals surface area contributed by atoms with E-state index in [0.29, 0.717) is 5.56 Å². The fourth-order valence-corrected chi connectivity index (χ4v) is 1.01. The largest absolute Gasteiger partial charge is 0.383 e. The molecular formula is C11H11NO. The van der Waals surface area contributed by atoms with Gasteiger partial charge in [-0.25, -0.2) is 0 Å². The number of nitriles is 1. The summed E-state index contributed by atoms with van der Waals surface area (Å²) in [6.07, 6.45) is -0.870. The summed E-state index contributed by atoms with van der Waals surface area (Å²) < 4.78 is 0. The summed E-state index contributed by atoms with van der Waals surface area (Å²) in [7, 11) is 0. The Balaban J connectivity index is 2.91. The van der Waals surface area contributed by atoms with Crippen molar-refractivity contribution >= 4 is 0 Å². The highest BCUT2D eigenvalue weighted by Gasteiger charge is 2.09. The topological polar surface area (TPSA) is 44.0 Å². The van der Waals surface area contributed by atoms with Gasteiger partial charge in [0.05, 0.1) is 11.6 Å². The molecule has 1 atom stereocenters. The average Bonchev–Trinajstić information content (AvgIpc) is 2.17. The summed E-state index contributed by atoms with van der Waals surface area (Å²) in [4.78, 5) is 0. The third-order valence-electron chi connectivity index (χ3n) is 1.87. The van der Waals surface area contributed by atoms with E-state index in [1.165, 1.54) is 0 Å². The number of aliphatic hydroxyl groups is 1. The molecule has 0 amide bonds. The van der Waals surface area contributed by atoms with Gasteiger partial charge in [-0.15, -0.1) is 0 Å². The van der Waals surface area contributed by atoms with Gasteiger partial charge >= 0.3 is 0 Å². The van der Waals surface area contributed by atoms with Crippen LogP contribution < -0.4 is 0 Å². The van der Waals surface area contributed by atoms with Crippen molar-refractivity contribution in [3.05, 3.63) is 47.5 Å². The highest BCUT2D eigenvalue weighted by Crippen LogP contribution is 2.19. The highest BCUT2D eigenvalue weighted by atomic mass is 16.3. The monoisotopic (exact) mass is 173 g/mol. The fraction of sp³-hybridized carbons (Fsp3) is 0.182. The second kappa shape index (κ2) is 3.88. The number of benzene rings is 1. The van der Waals surface area contributed by atoms with Crippen molar-refractivity contribution in [3.8, 4) is 6.07 Å². The van der Waals surface area contributed by atoms with Gasteiger partial charge < -0.3 is 5.11 Å². The lowest BCUT2D eigenvalue weighted by Crippen LogP contribution is -1.98. The number of hydrogen-bond donors (Lipinski definition) is 1. The molecule has 0 aromatic heterocycles.